The summed E-state index contributed by atoms with van der Waals surface area (Å²) in [7, 11) is -4.13. The Kier molecular flexibility index (Phi) is 6.45. The average Bonchev–Trinajstić information content (AvgIpc) is 2.92. The monoisotopic (exact) mass is 443 g/mol. The minimum atomic E-state index is -4.13. The molecule has 0 radical (unpaired) electrons. The zero-order valence-electron chi connectivity index (χ0n) is 17.6. The van der Waals surface area contributed by atoms with Gasteiger partial charge in [0.05, 0.1) is 5.56 Å². The number of nitrogens with one attached hydrogen (secondary N) is 1. The van der Waals surface area contributed by atoms with Crippen LogP contribution in [0.2, 0.25) is 0 Å². The van der Waals surface area contributed by atoms with Crippen LogP contribution >= 0.6 is 0 Å². The molecule has 3 amide bonds. The second-order valence-corrected chi connectivity index (χ2v) is 9.49. The first kappa shape index (κ1) is 22.5. The number of hydrogen-bond acceptors (Lipinski definition) is 5. The van der Waals surface area contributed by atoms with Crippen LogP contribution in [0.4, 0.5) is 0 Å². The third kappa shape index (κ3) is 4.61. The van der Waals surface area contributed by atoms with E-state index in [0.717, 1.165) is 5.56 Å². The lowest BCUT2D eigenvalue weighted by Crippen LogP contribution is -2.52. The summed E-state index contributed by atoms with van der Waals surface area (Å²) >= 11 is 0. The quantitative estimate of drug-likeness (QED) is 0.702. The molecule has 0 aliphatic carbocycles. The number of hydrogen-bond donors (Lipinski definition) is 1. The number of nitrogens with zero attached hydrogens (tertiary/aromatic N) is 2. The summed E-state index contributed by atoms with van der Waals surface area (Å²) in [6, 6.07) is 13.9. The van der Waals surface area contributed by atoms with Crippen molar-refractivity contribution in [1.82, 2.24) is 14.5 Å². The fraction of sp³-hybridized carbons (Fsp3) is 0.318. The Bertz CT molecular complexity index is 1100. The van der Waals surface area contributed by atoms with Crippen molar-refractivity contribution >= 4 is 27.7 Å². The first-order valence-corrected chi connectivity index (χ1v) is 11.4. The molecule has 0 saturated carbocycles. The molecule has 1 atom stereocenters. The number of benzene rings is 2. The molecule has 0 unspecified atom stereocenters. The Balaban J connectivity index is 1.88. The van der Waals surface area contributed by atoms with Crippen LogP contribution in [0.3, 0.4) is 0 Å². The lowest BCUT2D eigenvalue weighted by molar-refractivity contribution is -0.140. The maximum atomic E-state index is 13.2. The minimum absolute atomic E-state index is 0.0375. The third-order valence-corrected chi connectivity index (χ3v) is 6.77. The molecule has 0 spiro atoms. The predicted octanol–water partition coefficient (Wildman–Crippen LogP) is 1.77. The highest BCUT2D eigenvalue weighted by Crippen LogP contribution is 2.30. The molecule has 3 rings (SSSR count). The molecule has 1 N–H and O–H groups in total. The molecule has 1 aliphatic rings. The second kappa shape index (κ2) is 8.89. The van der Waals surface area contributed by atoms with Crippen LogP contribution in [0.25, 0.3) is 0 Å². The molecule has 8 nitrogen and oxygen atoms in total. The third-order valence-electron chi connectivity index (χ3n) is 4.98. The van der Waals surface area contributed by atoms with E-state index < -0.39 is 34.4 Å². The van der Waals surface area contributed by atoms with Crippen molar-refractivity contribution in [1.29, 1.82) is 0 Å². The lowest BCUT2D eigenvalue weighted by atomic mass is 10.1. The molecule has 0 saturated heterocycles. The zero-order chi connectivity index (χ0) is 22.8. The average molecular weight is 444 g/mol. The lowest BCUT2D eigenvalue weighted by Gasteiger charge is -2.30. The number of sulfonamides is 1. The second-order valence-electron chi connectivity index (χ2n) is 7.66. The predicted molar refractivity (Wildman–Crippen MR) is 114 cm³/mol. The van der Waals surface area contributed by atoms with Crippen LogP contribution in [0, 0.1) is 0 Å². The van der Waals surface area contributed by atoms with E-state index in [9.17, 15) is 22.8 Å². The van der Waals surface area contributed by atoms with Gasteiger partial charge >= 0.3 is 0 Å². The molecule has 2 aromatic carbocycles. The standard InChI is InChI=1S/C22H25N3O5S/c1-15(2)23-21(27)16(3)24(13-17-9-5-4-6-10-17)20(26)14-25-22(28)18-11-7-8-12-19(18)31(25,29)30/h4-12,15-16H,13-14H2,1-3H3,(H,23,27)/t16-/m1/s1. The molecule has 0 aromatic heterocycles. The van der Waals surface area contributed by atoms with Crippen LogP contribution in [0.1, 0.15) is 36.7 Å². The van der Waals surface area contributed by atoms with Gasteiger partial charge in [0, 0.05) is 12.6 Å². The van der Waals surface area contributed by atoms with Crippen molar-refractivity contribution in [2.45, 2.75) is 44.3 Å². The van der Waals surface area contributed by atoms with Crippen LogP contribution in [0.5, 0.6) is 0 Å². The summed E-state index contributed by atoms with van der Waals surface area (Å²) < 4.78 is 26.2. The molecule has 9 heteroatoms. The number of carbonyl (C=O) groups excluding carboxylic acids is 3. The molecule has 1 aliphatic heterocycles. The maximum Gasteiger partial charge on any atom is 0.269 e. The van der Waals surface area contributed by atoms with Crippen molar-refractivity contribution in [3.8, 4) is 0 Å². The SMILES string of the molecule is CC(C)NC(=O)[C@@H](C)N(Cc1ccccc1)C(=O)CN1C(=O)c2ccccc2S1(=O)=O. The molecule has 2 aromatic rings. The summed E-state index contributed by atoms with van der Waals surface area (Å²) in [5, 5.41) is 2.76. The first-order chi connectivity index (χ1) is 14.6. The molecular formula is C22H25N3O5S. The van der Waals surface area contributed by atoms with Crippen molar-refractivity contribution in [3.63, 3.8) is 0 Å². The van der Waals surface area contributed by atoms with Gasteiger partial charge in [-0.25, -0.2) is 12.7 Å². The van der Waals surface area contributed by atoms with Gasteiger partial charge in [-0.05, 0) is 38.5 Å². The van der Waals surface area contributed by atoms with E-state index in [0.29, 0.717) is 4.31 Å². The molecule has 164 valence electrons. The molecule has 31 heavy (non-hydrogen) atoms. The zero-order valence-corrected chi connectivity index (χ0v) is 18.4. The number of amides is 3. The molecular weight excluding hydrogens is 418 g/mol. The Hall–Kier alpha value is -3.20. The fourth-order valence-corrected chi connectivity index (χ4v) is 4.89. The van der Waals surface area contributed by atoms with Crippen LogP contribution in [0.15, 0.2) is 59.5 Å². The van der Waals surface area contributed by atoms with Gasteiger partial charge in [-0.1, -0.05) is 42.5 Å². The van der Waals surface area contributed by atoms with Gasteiger partial charge in [0.25, 0.3) is 15.9 Å². The van der Waals surface area contributed by atoms with E-state index >= 15 is 0 Å². The molecule has 0 fully saturated rings. The Labute approximate surface area is 181 Å². The van der Waals surface area contributed by atoms with Gasteiger partial charge < -0.3 is 10.2 Å². The Morgan fingerprint density at radius 3 is 2.23 bits per heavy atom. The van der Waals surface area contributed by atoms with Gasteiger partial charge in [-0.15, -0.1) is 0 Å². The van der Waals surface area contributed by atoms with E-state index in [2.05, 4.69) is 5.32 Å². The summed E-state index contributed by atoms with van der Waals surface area (Å²) in [5.74, 6) is -1.75. The van der Waals surface area contributed by atoms with Gasteiger partial charge in [-0.3, -0.25) is 14.4 Å². The normalized spacial score (nSPS) is 15.5. The van der Waals surface area contributed by atoms with Gasteiger partial charge in [0.2, 0.25) is 11.8 Å². The fourth-order valence-electron chi connectivity index (χ4n) is 3.37. The summed E-state index contributed by atoms with van der Waals surface area (Å²) in [4.78, 5) is 39.6. The van der Waals surface area contributed by atoms with Crippen molar-refractivity contribution in [2.75, 3.05) is 6.54 Å². The van der Waals surface area contributed by atoms with E-state index in [1.807, 2.05) is 18.2 Å². The first-order valence-electron chi connectivity index (χ1n) is 9.92. The number of carbonyl (C=O) groups is 3. The van der Waals surface area contributed by atoms with Crippen LogP contribution in [-0.4, -0.2) is 54.0 Å². The smallest absolute Gasteiger partial charge is 0.269 e. The van der Waals surface area contributed by atoms with Crippen LogP contribution < -0.4 is 5.32 Å². The minimum Gasteiger partial charge on any atom is -0.352 e. The van der Waals surface area contributed by atoms with Crippen LogP contribution in [-0.2, 0) is 26.2 Å². The highest BCUT2D eigenvalue weighted by atomic mass is 32.2. The highest BCUT2D eigenvalue weighted by molar-refractivity contribution is 7.90. The Morgan fingerprint density at radius 2 is 1.61 bits per heavy atom. The molecule has 1 heterocycles. The number of fused-ring (bicyclic) bond motifs is 1. The van der Waals surface area contributed by atoms with E-state index in [1.165, 1.54) is 23.1 Å². The largest absolute Gasteiger partial charge is 0.352 e. The van der Waals surface area contributed by atoms with E-state index in [4.69, 9.17) is 0 Å². The number of rotatable bonds is 7. The van der Waals surface area contributed by atoms with Crippen molar-refractivity contribution in [3.05, 3.63) is 65.7 Å². The summed E-state index contributed by atoms with van der Waals surface area (Å²) in [5.41, 5.74) is 0.814. The topological polar surface area (TPSA) is 104 Å². The molecule has 0 bridgehead atoms. The summed E-state index contributed by atoms with van der Waals surface area (Å²) in [6.07, 6.45) is 0. The highest BCUT2D eigenvalue weighted by Gasteiger charge is 2.43. The van der Waals surface area contributed by atoms with E-state index in [-0.39, 0.29) is 29.0 Å². The van der Waals surface area contributed by atoms with Crippen molar-refractivity contribution in [2.24, 2.45) is 0 Å². The van der Waals surface area contributed by atoms with Gasteiger partial charge in [0.15, 0.2) is 0 Å². The van der Waals surface area contributed by atoms with Gasteiger partial charge in [-0.2, -0.15) is 0 Å². The van der Waals surface area contributed by atoms with Crippen molar-refractivity contribution < 1.29 is 22.8 Å². The Morgan fingerprint density at radius 1 is 1.00 bits per heavy atom. The maximum absolute atomic E-state index is 13.2. The van der Waals surface area contributed by atoms with E-state index in [1.54, 1.807) is 39.0 Å². The summed E-state index contributed by atoms with van der Waals surface area (Å²) in [6.45, 7) is 4.61. The van der Waals surface area contributed by atoms with Gasteiger partial charge in [0.1, 0.15) is 17.5 Å².